The van der Waals surface area contributed by atoms with Crippen molar-refractivity contribution in [1.29, 1.82) is 0 Å². The molecule has 0 aliphatic heterocycles. The smallest absolute Gasteiger partial charge is 0.306 e. The Kier molecular flexibility index (Phi) is 6.70. The van der Waals surface area contributed by atoms with Gasteiger partial charge in [-0.05, 0) is 43.9 Å². The van der Waals surface area contributed by atoms with Crippen LogP contribution in [0.15, 0.2) is 0 Å². The second-order valence-electron chi connectivity index (χ2n) is 6.81. The van der Waals surface area contributed by atoms with E-state index in [1.165, 1.54) is 0 Å². The minimum atomic E-state index is -0.639. The summed E-state index contributed by atoms with van der Waals surface area (Å²) < 4.78 is 0. The normalized spacial score (nSPS) is 26.2. The standard InChI is InChI=1S/C17H30O3/c1-5-13(10-12(4)16(18)11(2)3)14-6-8-15(9-7-14)17(19)20/h11-15H,5-10H2,1-4H3,(H,19,20). The van der Waals surface area contributed by atoms with E-state index >= 15 is 0 Å². The number of hydrogen-bond acceptors (Lipinski definition) is 2. The van der Waals surface area contributed by atoms with Crippen LogP contribution in [0, 0.1) is 29.6 Å². The molecule has 0 saturated heterocycles. The van der Waals surface area contributed by atoms with Gasteiger partial charge >= 0.3 is 5.97 Å². The van der Waals surface area contributed by atoms with E-state index in [1.54, 1.807) is 0 Å². The first-order chi connectivity index (χ1) is 9.36. The summed E-state index contributed by atoms with van der Waals surface area (Å²) in [5, 5.41) is 9.05. The van der Waals surface area contributed by atoms with Crippen molar-refractivity contribution in [3.63, 3.8) is 0 Å². The number of ketones is 1. The van der Waals surface area contributed by atoms with Crippen LogP contribution >= 0.6 is 0 Å². The molecule has 20 heavy (non-hydrogen) atoms. The van der Waals surface area contributed by atoms with E-state index in [-0.39, 0.29) is 17.8 Å². The third-order valence-corrected chi connectivity index (χ3v) is 5.02. The fourth-order valence-corrected chi connectivity index (χ4v) is 3.67. The summed E-state index contributed by atoms with van der Waals surface area (Å²) in [5.41, 5.74) is 0. The van der Waals surface area contributed by atoms with Crippen molar-refractivity contribution in [2.45, 2.75) is 66.2 Å². The summed E-state index contributed by atoms with van der Waals surface area (Å²) in [6.07, 6.45) is 5.70. The van der Waals surface area contributed by atoms with E-state index in [9.17, 15) is 9.59 Å². The van der Waals surface area contributed by atoms with Crippen molar-refractivity contribution < 1.29 is 14.7 Å². The molecule has 0 bridgehead atoms. The first kappa shape index (κ1) is 17.2. The molecule has 0 aromatic carbocycles. The molecule has 0 radical (unpaired) electrons. The summed E-state index contributed by atoms with van der Waals surface area (Å²) in [5.74, 6) is 1.02. The summed E-state index contributed by atoms with van der Waals surface area (Å²) in [7, 11) is 0. The van der Waals surface area contributed by atoms with Gasteiger partial charge in [-0.25, -0.2) is 0 Å². The van der Waals surface area contributed by atoms with Crippen molar-refractivity contribution in [2.75, 3.05) is 0 Å². The number of carbonyl (C=O) groups excluding carboxylic acids is 1. The van der Waals surface area contributed by atoms with Crippen molar-refractivity contribution >= 4 is 11.8 Å². The van der Waals surface area contributed by atoms with Gasteiger partial charge in [-0.15, -0.1) is 0 Å². The van der Waals surface area contributed by atoms with Gasteiger partial charge in [0.2, 0.25) is 0 Å². The highest BCUT2D eigenvalue weighted by Crippen LogP contribution is 2.38. The third-order valence-electron chi connectivity index (χ3n) is 5.02. The molecular weight excluding hydrogens is 252 g/mol. The number of Topliss-reactive ketones (excluding diaryl/α,β-unsaturated/α-hetero) is 1. The molecule has 0 aromatic rings. The predicted molar refractivity (Wildman–Crippen MR) is 80.5 cm³/mol. The summed E-state index contributed by atoms with van der Waals surface area (Å²) in [4.78, 5) is 23.0. The van der Waals surface area contributed by atoms with Crippen molar-refractivity contribution in [2.24, 2.45) is 29.6 Å². The highest BCUT2D eigenvalue weighted by atomic mass is 16.4. The van der Waals surface area contributed by atoms with Crippen LogP contribution in [0.4, 0.5) is 0 Å². The fraction of sp³-hybridized carbons (Fsp3) is 0.882. The third kappa shape index (κ3) is 4.60. The minimum absolute atomic E-state index is 0.116. The highest BCUT2D eigenvalue weighted by molar-refractivity contribution is 5.82. The maximum atomic E-state index is 12.0. The Morgan fingerprint density at radius 1 is 1.10 bits per heavy atom. The van der Waals surface area contributed by atoms with Crippen molar-refractivity contribution in [3.05, 3.63) is 0 Å². The molecule has 0 spiro atoms. The van der Waals surface area contributed by atoms with Crippen LogP contribution in [0.1, 0.15) is 66.2 Å². The largest absolute Gasteiger partial charge is 0.481 e. The average Bonchev–Trinajstić information content (AvgIpc) is 2.43. The van der Waals surface area contributed by atoms with Gasteiger partial charge in [0.05, 0.1) is 5.92 Å². The van der Waals surface area contributed by atoms with Crippen LogP contribution in [-0.2, 0) is 9.59 Å². The van der Waals surface area contributed by atoms with E-state index in [2.05, 4.69) is 6.92 Å². The van der Waals surface area contributed by atoms with Crippen molar-refractivity contribution in [1.82, 2.24) is 0 Å². The van der Waals surface area contributed by atoms with Gasteiger partial charge in [-0.3, -0.25) is 9.59 Å². The van der Waals surface area contributed by atoms with Gasteiger partial charge in [-0.2, -0.15) is 0 Å². The molecule has 116 valence electrons. The van der Waals surface area contributed by atoms with Crippen LogP contribution in [0.25, 0.3) is 0 Å². The maximum absolute atomic E-state index is 12.0. The molecule has 3 nitrogen and oxygen atoms in total. The van der Waals surface area contributed by atoms with E-state index in [4.69, 9.17) is 5.11 Å². The molecule has 3 heteroatoms. The average molecular weight is 282 g/mol. The zero-order chi connectivity index (χ0) is 15.3. The molecule has 1 rings (SSSR count). The zero-order valence-corrected chi connectivity index (χ0v) is 13.4. The van der Waals surface area contributed by atoms with Gasteiger partial charge in [0.1, 0.15) is 5.78 Å². The Bertz CT molecular complexity index is 327. The van der Waals surface area contributed by atoms with Gasteiger partial charge in [-0.1, -0.05) is 34.1 Å². The summed E-state index contributed by atoms with van der Waals surface area (Å²) >= 11 is 0. The molecule has 1 fully saturated rings. The lowest BCUT2D eigenvalue weighted by molar-refractivity contribution is -0.143. The van der Waals surface area contributed by atoms with E-state index in [1.807, 2.05) is 20.8 Å². The predicted octanol–water partition coefficient (Wildman–Crippen LogP) is 4.15. The molecule has 2 atom stereocenters. The molecular formula is C17H30O3. The highest BCUT2D eigenvalue weighted by Gasteiger charge is 2.31. The quantitative estimate of drug-likeness (QED) is 0.763. The molecule has 0 amide bonds. The lowest BCUT2D eigenvalue weighted by Crippen LogP contribution is -2.28. The minimum Gasteiger partial charge on any atom is -0.481 e. The number of carboxylic acid groups (broad SMARTS) is 1. The summed E-state index contributed by atoms with van der Waals surface area (Å²) in [6.45, 7) is 8.18. The second kappa shape index (κ2) is 7.80. The monoisotopic (exact) mass is 282 g/mol. The topological polar surface area (TPSA) is 54.4 Å². The van der Waals surface area contributed by atoms with E-state index in [0.717, 1.165) is 38.5 Å². The van der Waals surface area contributed by atoms with Crippen LogP contribution in [0.5, 0.6) is 0 Å². The first-order valence-corrected chi connectivity index (χ1v) is 8.13. The zero-order valence-electron chi connectivity index (χ0n) is 13.4. The molecule has 1 saturated carbocycles. The van der Waals surface area contributed by atoms with Gasteiger partial charge in [0.25, 0.3) is 0 Å². The second-order valence-corrected chi connectivity index (χ2v) is 6.81. The molecule has 2 unspecified atom stereocenters. The number of carboxylic acids is 1. The summed E-state index contributed by atoms with van der Waals surface area (Å²) in [6, 6.07) is 0. The SMILES string of the molecule is CCC(CC(C)C(=O)C(C)C)C1CCC(C(=O)O)CC1. The Hall–Kier alpha value is -0.860. The molecule has 0 aromatic heterocycles. The van der Waals surface area contributed by atoms with Gasteiger partial charge in [0.15, 0.2) is 0 Å². The van der Waals surface area contributed by atoms with Crippen LogP contribution in [0.2, 0.25) is 0 Å². The number of aliphatic carboxylic acids is 1. The lowest BCUT2D eigenvalue weighted by Gasteiger charge is -2.33. The van der Waals surface area contributed by atoms with E-state index in [0.29, 0.717) is 17.6 Å². The Balaban J connectivity index is 2.51. The number of hydrogen-bond donors (Lipinski definition) is 1. The fourth-order valence-electron chi connectivity index (χ4n) is 3.67. The van der Waals surface area contributed by atoms with Crippen LogP contribution in [-0.4, -0.2) is 16.9 Å². The van der Waals surface area contributed by atoms with E-state index < -0.39 is 5.97 Å². The van der Waals surface area contributed by atoms with Gasteiger partial charge in [0, 0.05) is 11.8 Å². The Labute approximate surface area is 123 Å². The number of rotatable bonds is 7. The van der Waals surface area contributed by atoms with Crippen LogP contribution in [0.3, 0.4) is 0 Å². The molecule has 1 N–H and O–H groups in total. The Morgan fingerprint density at radius 3 is 2.05 bits per heavy atom. The van der Waals surface area contributed by atoms with Gasteiger partial charge < -0.3 is 5.11 Å². The molecule has 1 aliphatic rings. The van der Waals surface area contributed by atoms with Crippen LogP contribution < -0.4 is 0 Å². The first-order valence-electron chi connectivity index (χ1n) is 8.13. The lowest BCUT2D eigenvalue weighted by atomic mass is 9.71. The molecule has 0 heterocycles. The molecule has 1 aliphatic carbocycles. The Morgan fingerprint density at radius 2 is 1.65 bits per heavy atom. The van der Waals surface area contributed by atoms with Crippen molar-refractivity contribution in [3.8, 4) is 0 Å². The number of carbonyl (C=O) groups is 2. The maximum Gasteiger partial charge on any atom is 0.306 e.